The number of rotatable bonds is 17. The van der Waals surface area contributed by atoms with E-state index in [4.69, 9.17) is 0 Å². The lowest BCUT2D eigenvalue weighted by atomic mass is 9.89. The first kappa shape index (κ1) is 21.0. The maximum atomic E-state index is 3.96. The van der Waals surface area contributed by atoms with Crippen molar-refractivity contribution in [3.05, 3.63) is 6.92 Å². The molecule has 0 saturated heterocycles. The first-order chi connectivity index (χ1) is 10.3. The third kappa shape index (κ3) is 16.2. The van der Waals surface area contributed by atoms with Crippen LogP contribution in [0.3, 0.4) is 0 Å². The molecule has 0 aliphatic carbocycles. The summed E-state index contributed by atoms with van der Waals surface area (Å²) in [5.74, 6) is 1.03. The van der Waals surface area contributed by atoms with Crippen molar-refractivity contribution in [1.82, 2.24) is 0 Å². The number of hydrogen-bond donors (Lipinski definition) is 0. The molecule has 21 heavy (non-hydrogen) atoms. The van der Waals surface area contributed by atoms with E-state index in [1.165, 1.54) is 103 Å². The summed E-state index contributed by atoms with van der Waals surface area (Å²) >= 11 is 0. The molecule has 0 rings (SSSR count). The average Bonchev–Trinajstić information content (AvgIpc) is 2.50. The fourth-order valence-electron chi connectivity index (χ4n) is 3.29. The Morgan fingerprint density at radius 3 is 1.29 bits per heavy atom. The molecule has 0 heteroatoms. The SMILES string of the molecule is [CH2]CCCCCC(CCCCCCC)CCCCCCC. The highest BCUT2D eigenvalue weighted by Crippen LogP contribution is 2.24. The molecule has 127 valence electrons. The molecule has 0 N–H and O–H groups in total. The second-order valence-electron chi connectivity index (χ2n) is 6.97. The molecular formula is C21H43. The van der Waals surface area contributed by atoms with Gasteiger partial charge in [0, 0.05) is 0 Å². The Morgan fingerprint density at radius 2 is 0.905 bits per heavy atom. The van der Waals surface area contributed by atoms with E-state index in [1.807, 2.05) is 0 Å². The highest BCUT2D eigenvalue weighted by Gasteiger charge is 2.08. The van der Waals surface area contributed by atoms with Crippen molar-refractivity contribution in [1.29, 1.82) is 0 Å². The molecule has 0 amide bonds. The van der Waals surface area contributed by atoms with Crippen LogP contribution in [0, 0.1) is 12.8 Å². The molecule has 0 saturated carbocycles. The summed E-state index contributed by atoms with van der Waals surface area (Å²) in [6.45, 7) is 8.57. The molecule has 0 heterocycles. The van der Waals surface area contributed by atoms with Crippen molar-refractivity contribution in [2.75, 3.05) is 0 Å². The normalized spacial score (nSPS) is 11.4. The van der Waals surface area contributed by atoms with E-state index >= 15 is 0 Å². The lowest BCUT2D eigenvalue weighted by Gasteiger charge is -2.17. The summed E-state index contributed by atoms with van der Waals surface area (Å²) in [5, 5.41) is 0. The molecular weight excluding hydrogens is 252 g/mol. The standard InChI is InChI=1S/C21H43/c1-4-7-10-13-16-19-21(18-15-12-9-6-3)20-17-14-11-8-5-2/h21H,3-20H2,1-2H3. The van der Waals surface area contributed by atoms with E-state index in [0.717, 1.165) is 12.3 Å². The lowest BCUT2D eigenvalue weighted by Crippen LogP contribution is -2.01. The van der Waals surface area contributed by atoms with Crippen LogP contribution in [-0.4, -0.2) is 0 Å². The van der Waals surface area contributed by atoms with Crippen molar-refractivity contribution >= 4 is 0 Å². The summed E-state index contributed by atoms with van der Waals surface area (Å²) in [5.41, 5.74) is 0. The van der Waals surface area contributed by atoms with E-state index in [9.17, 15) is 0 Å². The van der Waals surface area contributed by atoms with Crippen LogP contribution in [0.15, 0.2) is 0 Å². The molecule has 0 aliphatic heterocycles. The highest BCUT2D eigenvalue weighted by atomic mass is 14.1. The minimum absolute atomic E-state index is 1.03. The zero-order valence-electron chi connectivity index (χ0n) is 15.3. The zero-order chi connectivity index (χ0) is 15.6. The molecule has 0 aromatic carbocycles. The van der Waals surface area contributed by atoms with Crippen LogP contribution in [0.4, 0.5) is 0 Å². The first-order valence-electron chi connectivity index (χ1n) is 10.1. The Balaban J connectivity index is 3.69. The number of unbranched alkanes of at least 4 members (excludes halogenated alkanes) is 11. The Morgan fingerprint density at radius 1 is 0.524 bits per heavy atom. The summed E-state index contributed by atoms with van der Waals surface area (Å²) in [7, 11) is 0. The van der Waals surface area contributed by atoms with Gasteiger partial charge in [0.1, 0.15) is 0 Å². The van der Waals surface area contributed by atoms with Gasteiger partial charge in [0.05, 0.1) is 0 Å². The van der Waals surface area contributed by atoms with Gasteiger partial charge >= 0.3 is 0 Å². The van der Waals surface area contributed by atoms with Crippen molar-refractivity contribution in [2.45, 2.75) is 123 Å². The summed E-state index contributed by atoms with van der Waals surface area (Å²) in [6.07, 6.45) is 24.2. The average molecular weight is 296 g/mol. The summed E-state index contributed by atoms with van der Waals surface area (Å²) < 4.78 is 0. The van der Waals surface area contributed by atoms with E-state index in [2.05, 4.69) is 20.8 Å². The topological polar surface area (TPSA) is 0 Å². The van der Waals surface area contributed by atoms with Gasteiger partial charge in [-0.15, -0.1) is 0 Å². The van der Waals surface area contributed by atoms with Crippen LogP contribution in [0.25, 0.3) is 0 Å². The summed E-state index contributed by atoms with van der Waals surface area (Å²) in [4.78, 5) is 0. The largest absolute Gasteiger partial charge is 0.0654 e. The fraction of sp³-hybridized carbons (Fsp3) is 0.952. The fourth-order valence-corrected chi connectivity index (χ4v) is 3.29. The Labute approximate surface area is 136 Å². The maximum Gasteiger partial charge on any atom is -0.0414 e. The van der Waals surface area contributed by atoms with Crippen LogP contribution in [0.2, 0.25) is 0 Å². The smallest absolute Gasteiger partial charge is 0.0414 e. The molecule has 1 radical (unpaired) electrons. The Hall–Kier alpha value is 0. The van der Waals surface area contributed by atoms with E-state index in [1.54, 1.807) is 0 Å². The van der Waals surface area contributed by atoms with Gasteiger partial charge in [0.15, 0.2) is 0 Å². The van der Waals surface area contributed by atoms with Gasteiger partial charge in [0.2, 0.25) is 0 Å². The Bertz CT molecular complexity index is 159. The lowest BCUT2D eigenvalue weighted by molar-refractivity contribution is 0.367. The molecule has 0 bridgehead atoms. The number of hydrogen-bond acceptors (Lipinski definition) is 0. The van der Waals surface area contributed by atoms with Gasteiger partial charge < -0.3 is 0 Å². The van der Waals surface area contributed by atoms with Crippen LogP contribution >= 0.6 is 0 Å². The zero-order valence-corrected chi connectivity index (χ0v) is 15.3. The van der Waals surface area contributed by atoms with Crippen LogP contribution in [0.1, 0.15) is 123 Å². The van der Waals surface area contributed by atoms with Gasteiger partial charge in [-0.3, -0.25) is 0 Å². The Kier molecular flexibility index (Phi) is 18.1. The molecule has 0 fully saturated rings. The molecule has 0 nitrogen and oxygen atoms in total. The second kappa shape index (κ2) is 18.1. The van der Waals surface area contributed by atoms with Crippen molar-refractivity contribution < 1.29 is 0 Å². The predicted molar refractivity (Wildman–Crippen MR) is 98.7 cm³/mol. The van der Waals surface area contributed by atoms with Crippen molar-refractivity contribution in [2.24, 2.45) is 5.92 Å². The highest BCUT2D eigenvalue weighted by molar-refractivity contribution is 4.62. The minimum Gasteiger partial charge on any atom is -0.0654 e. The molecule has 0 aliphatic rings. The van der Waals surface area contributed by atoms with Gasteiger partial charge in [-0.2, -0.15) is 0 Å². The minimum atomic E-state index is 1.03. The van der Waals surface area contributed by atoms with Gasteiger partial charge in [0.25, 0.3) is 0 Å². The van der Waals surface area contributed by atoms with Gasteiger partial charge in [-0.05, 0) is 5.92 Å². The van der Waals surface area contributed by atoms with Crippen molar-refractivity contribution in [3.63, 3.8) is 0 Å². The first-order valence-corrected chi connectivity index (χ1v) is 10.1. The molecule has 0 aromatic heterocycles. The van der Waals surface area contributed by atoms with Crippen LogP contribution in [0.5, 0.6) is 0 Å². The second-order valence-corrected chi connectivity index (χ2v) is 6.97. The third-order valence-electron chi connectivity index (χ3n) is 4.79. The molecule has 0 atom stereocenters. The van der Waals surface area contributed by atoms with Gasteiger partial charge in [-0.25, -0.2) is 0 Å². The van der Waals surface area contributed by atoms with E-state index in [-0.39, 0.29) is 0 Å². The monoisotopic (exact) mass is 295 g/mol. The van der Waals surface area contributed by atoms with E-state index in [0.29, 0.717) is 0 Å². The van der Waals surface area contributed by atoms with Gasteiger partial charge in [-0.1, -0.05) is 130 Å². The third-order valence-corrected chi connectivity index (χ3v) is 4.79. The molecule has 0 aromatic rings. The summed E-state index contributed by atoms with van der Waals surface area (Å²) in [6, 6.07) is 0. The quantitative estimate of drug-likeness (QED) is 0.238. The molecule has 0 unspecified atom stereocenters. The van der Waals surface area contributed by atoms with E-state index < -0.39 is 0 Å². The maximum absolute atomic E-state index is 3.96. The van der Waals surface area contributed by atoms with Crippen LogP contribution in [-0.2, 0) is 0 Å². The molecule has 0 spiro atoms. The van der Waals surface area contributed by atoms with Crippen molar-refractivity contribution in [3.8, 4) is 0 Å². The predicted octanol–water partition coefficient (Wildman–Crippen LogP) is 8.11. The van der Waals surface area contributed by atoms with Crippen LogP contribution < -0.4 is 0 Å².